The van der Waals surface area contributed by atoms with E-state index in [9.17, 15) is 5.11 Å². The Morgan fingerprint density at radius 1 is 1.11 bits per heavy atom. The zero-order valence-corrected chi connectivity index (χ0v) is 11.2. The molecule has 0 saturated heterocycles. The van der Waals surface area contributed by atoms with E-state index in [1.165, 1.54) is 49.9 Å². The van der Waals surface area contributed by atoms with E-state index < -0.39 is 6.10 Å². The molecule has 1 aromatic rings. The molecule has 4 bridgehead atoms. The molecule has 98 valence electrons. The standard InChI is InChI=1S/C13H19N3OS/c14-12-16-15-11(18-12)10(17)13-4-7-1-8(5-13)3-9(2-7)6-13/h7-10,17H,1-6H2,(H2,14,16). The van der Waals surface area contributed by atoms with Crippen LogP contribution in [0.3, 0.4) is 0 Å². The van der Waals surface area contributed by atoms with Crippen molar-refractivity contribution in [1.82, 2.24) is 10.2 Å². The van der Waals surface area contributed by atoms with Gasteiger partial charge >= 0.3 is 0 Å². The number of nitrogen functional groups attached to an aromatic ring is 1. The molecule has 4 fully saturated rings. The minimum atomic E-state index is -0.444. The monoisotopic (exact) mass is 265 g/mol. The van der Waals surface area contributed by atoms with Crippen molar-refractivity contribution in [2.24, 2.45) is 23.2 Å². The van der Waals surface area contributed by atoms with Gasteiger partial charge in [-0.2, -0.15) is 0 Å². The second-order valence-electron chi connectivity index (χ2n) is 6.66. The lowest BCUT2D eigenvalue weighted by molar-refractivity contribution is -0.122. The molecule has 4 nitrogen and oxygen atoms in total. The number of aliphatic hydroxyl groups is 1. The van der Waals surface area contributed by atoms with Gasteiger partial charge in [-0.3, -0.25) is 0 Å². The Morgan fingerprint density at radius 2 is 1.67 bits per heavy atom. The molecule has 4 saturated carbocycles. The first-order valence-electron chi connectivity index (χ1n) is 6.91. The third kappa shape index (κ3) is 1.53. The van der Waals surface area contributed by atoms with Crippen molar-refractivity contribution in [3.63, 3.8) is 0 Å². The molecule has 5 rings (SSSR count). The fraction of sp³-hybridized carbons (Fsp3) is 0.846. The number of anilines is 1. The number of nitrogens with two attached hydrogens (primary N) is 1. The van der Waals surface area contributed by atoms with Crippen molar-refractivity contribution in [2.75, 3.05) is 5.73 Å². The van der Waals surface area contributed by atoms with Gasteiger partial charge in [0.15, 0.2) is 0 Å². The van der Waals surface area contributed by atoms with E-state index in [4.69, 9.17) is 5.73 Å². The van der Waals surface area contributed by atoms with Crippen molar-refractivity contribution in [2.45, 2.75) is 44.6 Å². The van der Waals surface area contributed by atoms with Crippen LogP contribution >= 0.6 is 11.3 Å². The van der Waals surface area contributed by atoms with Crippen LogP contribution in [0.5, 0.6) is 0 Å². The summed E-state index contributed by atoms with van der Waals surface area (Å²) in [6.07, 6.45) is 7.28. The normalized spacial score (nSPS) is 43.3. The van der Waals surface area contributed by atoms with Gasteiger partial charge in [0.25, 0.3) is 0 Å². The Balaban J connectivity index is 1.67. The first-order chi connectivity index (χ1) is 8.64. The van der Waals surface area contributed by atoms with Crippen molar-refractivity contribution in [3.8, 4) is 0 Å². The SMILES string of the molecule is Nc1nnc(C(O)C23CC4CC(CC(C4)C2)C3)s1. The van der Waals surface area contributed by atoms with Crippen LogP contribution in [0.25, 0.3) is 0 Å². The van der Waals surface area contributed by atoms with Crippen molar-refractivity contribution < 1.29 is 5.11 Å². The van der Waals surface area contributed by atoms with Crippen molar-refractivity contribution in [3.05, 3.63) is 5.01 Å². The molecule has 1 unspecified atom stereocenters. The predicted octanol–water partition coefficient (Wildman–Crippen LogP) is 2.37. The van der Waals surface area contributed by atoms with Gasteiger partial charge in [-0.25, -0.2) is 0 Å². The average Bonchev–Trinajstić information content (AvgIpc) is 2.73. The number of aromatic nitrogens is 2. The number of aliphatic hydroxyl groups excluding tert-OH is 1. The third-order valence-electron chi connectivity index (χ3n) is 5.36. The van der Waals surface area contributed by atoms with E-state index in [1.807, 2.05) is 0 Å². The zero-order valence-electron chi connectivity index (χ0n) is 10.4. The van der Waals surface area contributed by atoms with E-state index in [2.05, 4.69) is 10.2 Å². The largest absolute Gasteiger partial charge is 0.385 e. The highest BCUT2D eigenvalue weighted by Gasteiger charge is 2.54. The maximum Gasteiger partial charge on any atom is 0.203 e. The first kappa shape index (κ1) is 11.2. The van der Waals surface area contributed by atoms with Gasteiger partial charge in [-0.1, -0.05) is 11.3 Å². The lowest BCUT2D eigenvalue weighted by atomic mass is 9.48. The smallest absolute Gasteiger partial charge is 0.203 e. The minimum absolute atomic E-state index is 0.0841. The van der Waals surface area contributed by atoms with Gasteiger partial charge in [0.1, 0.15) is 11.1 Å². The van der Waals surface area contributed by atoms with Crippen LogP contribution in [-0.2, 0) is 0 Å². The predicted molar refractivity (Wildman–Crippen MR) is 69.9 cm³/mol. The molecule has 1 heterocycles. The van der Waals surface area contributed by atoms with Gasteiger partial charge in [0.05, 0.1) is 0 Å². The van der Waals surface area contributed by atoms with Gasteiger partial charge in [-0.15, -0.1) is 10.2 Å². The van der Waals surface area contributed by atoms with E-state index in [0.29, 0.717) is 5.13 Å². The fourth-order valence-corrected chi connectivity index (χ4v) is 5.87. The van der Waals surface area contributed by atoms with E-state index >= 15 is 0 Å². The summed E-state index contributed by atoms with van der Waals surface area (Å²) in [5, 5.41) is 19.9. The molecule has 0 radical (unpaired) electrons. The molecule has 0 aromatic carbocycles. The van der Waals surface area contributed by atoms with Crippen LogP contribution in [0.4, 0.5) is 5.13 Å². The van der Waals surface area contributed by atoms with Gasteiger partial charge in [0, 0.05) is 5.41 Å². The molecule has 0 amide bonds. The highest BCUT2D eigenvalue weighted by molar-refractivity contribution is 7.15. The zero-order chi connectivity index (χ0) is 12.3. The van der Waals surface area contributed by atoms with Crippen LogP contribution in [-0.4, -0.2) is 15.3 Å². The van der Waals surface area contributed by atoms with Crippen LogP contribution in [0, 0.1) is 23.2 Å². The summed E-state index contributed by atoms with van der Waals surface area (Å²) in [5.74, 6) is 2.53. The molecule has 4 aliphatic carbocycles. The summed E-state index contributed by atoms with van der Waals surface area (Å²) in [6, 6.07) is 0. The molecule has 0 aliphatic heterocycles. The van der Waals surface area contributed by atoms with Gasteiger partial charge in [-0.05, 0) is 56.3 Å². The highest BCUT2D eigenvalue weighted by Crippen LogP contribution is 2.64. The molecule has 1 aromatic heterocycles. The van der Waals surface area contributed by atoms with E-state index in [0.717, 1.165) is 22.8 Å². The number of hydrogen-bond donors (Lipinski definition) is 2. The van der Waals surface area contributed by atoms with E-state index in [1.54, 1.807) is 0 Å². The number of rotatable bonds is 2. The summed E-state index contributed by atoms with van der Waals surface area (Å²) in [4.78, 5) is 0. The second-order valence-corrected chi connectivity index (χ2v) is 7.70. The van der Waals surface area contributed by atoms with Crippen LogP contribution in [0.15, 0.2) is 0 Å². The highest BCUT2D eigenvalue weighted by atomic mass is 32.1. The maximum absolute atomic E-state index is 10.8. The Hall–Kier alpha value is -0.680. The molecule has 3 N–H and O–H groups in total. The summed E-state index contributed by atoms with van der Waals surface area (Å²) in [6.45, 7) is 0. The van der Waals surface area contributed by atoms with Gasteiger partial charge < -0.3 is 10.8 Å². The lowest BCUT2D eigenvalue weighted by Crippen LogP contribution is -2.48. The topological polar surface area (TPSA) is 72.0 Å². The number of nitrogens with zero attached hydrogens (tertiary/aromatic N) is 2. The maximum atomic E-state index is 10.8. The molecular formula is C13H19N3OS. The molecule has 1 atom stereocenters. The summed E-state index contributed by atoms with van der Waals surface area (Å²) in [5.41, 5.74) is 5.73. The number of hydrogen-bond acceptors (Lipinski definition) is 5. The molecule has 4 aliphatic rings. The van der Waals surface area contributed by atoms with Crippen molar-refractivity contribution in [1.29, 1.82) is 0 Å². The Morgan fingerprint density at radius 3 is 2.11 bits per heavy atom. The van der Waals surface area contributed by atoms with Crippen LogP contribution in [0.1, 0.15) is 49.6 Å². The Kier molecular flexibility index (Phi) is 2.28. The third-order valence-corrected chi connectivity index (χ3v) is 6.16. The first-order valence-corrected chi connectivity index (χ1v) is 7.73. The van der Waals surface area contributed by atoms with E-state index in [-0.39, 0.29) is 5.41 Å². The summed E-state index contributed by atoms with van der Waals surface area (Å²) in [7, 11) is 0. The fourth-order valence-electron chi connectivity index (χ4n) is 5.13. The second kappa shape index (κ2) is 3.67. The summed E-state index contributed by atoms with van der Waals surface area (Å²) >= 11 is 1.35. The average molecular weight is 265 g/mol. The summed E-state index contributed by atoms with van der Waals surface area (Å²) < 4.78 is 0. The molecular weight excluding hydrogens is 246 g/mol. The van der Waals surface area contributed by atoms with Crippen LogP contribution in [0.2, 0.25) is 0 Å². The lowest BCUT2D eigenvalue weighted by Gasteiger charge is -2.58. The molecule has 18 heavy (non-hydrogen) atoms. The Labute approximate surface area is 111 Å². The van der Waals surface area contributed by atoms with Gasteiger partial charge in [0.2, 0.25) is 5.13 Å². The van der Waals surface area contributed by atoms with Crippen molar-refractivity contribution >= 4 is 16.5 Å². The molecule has 0 spiro atoms. The minimum Gasteiger partial charge on any atom is -0.385 e. The Bertz CT molecular complexity index is 437. The molecule has 5 heteroatoms. The quantitative estimate of drug-likeness (QED) is 0.861. The van der Waals surface area contributed by atoms with Crippen LogP contribution < -0.4 is 5.73 Å².